The zero-order valence-electron chi connectivity index (χ0n) is 14.5. The van der Waals surface area contributed by atoms with Gasteiger partial charge in [0.2, 0.25) is 0 Å². The molecule has 2 aliphatic heterocycles. The molecular formula is C19H20BrClN4O2. The summed E-state index contributed by atoms with van der Waals surface area (Å²) in [5.74, 6) is 0.483. The molecule has 8 heteroatoms. The van der Waals surface area contributed by atoms with Gasteiger partial charge >= 0.3 is 0 Å². The molecule has 142 valence electrons. The number of nitrogens with one attached hydrogen (secondary N) is 1. The lowest BCUT2D eigenvalue weighted by Crippen LogP contribution is -2.52. The molecule has 1 amide bonds. The summed E-state index contributed by atoms with van der Waals surface area (Å²) in [6.07, 6.45) is 1.32. The van der Waals surface area contributed by atoms with E-state index < -0.39 is 5.66 Å². The molecular weight excluding hydrogens is 432 g/mol. The number of likely N-dealkylation sites (tertiary alicyclic amines) is 1. The number of carbonyl (C=O) groups is 1. The van der Waals surface area contributed by atoms with Crippen molar-refractivity contribution in [2.75, 3.05) is 18.4 Å². The van der Waals surface area contributed by atoms with Crippen molar-refractivity contribution < 1.29 is 9.90 Å². The van der Waals surface area contributed by atoms with Gasteiger partial charge in [-0.2, -0.15) is 0 Å². The third-order valence-electron chi connectivity index (χ3n) is 4.97. The summed E-state index contributed by atoms with van der Waals surface area (Å²) >= 11 is 3.38. The van der Waals surface area contributed by atoms with Crippen molar-refractivity contribution in [2.45, 2.75) is 18.5 Å². The molecule has 0 radical (unpaired) electrons. The minimum Gasteiger partial charge on any atom is -0.507 e. The Morgan fingerprint density at radius 3 is 2.52 bits per heavy atom. The van der Waals surface area contributed by atoms with Crippen molar-refractivity contribution >= 4 is 45.8 Å². The van der Waals surface area contributed by atoms with Crippen LogP contribution in [0.25, 0.3) is 0 Å². The largest absolute Gasteiger partial charge is 0.507 e. The monoisotopic (exact) mass is 450 g/mol. The Morgan fingerprint density at radius 1 is 1.19 bits per heavy atom. The number of hydrogen-bond donors (Lipinski definition) is 3. The summed E-state index contributed by atoms with van der Waals surface area (Å²) in [7, 11) is 0. The first-order chi connectivity index (χ1) is 12.5. The number of nitrogens with two attached hydrogens (primary N) is 1. The van der Waals surface area contributed by atoms with E-state index in [1.165, 1.54) is 0 Å². The molecule has 0 unspecified atom stereocenters. The molecule has 2 aromatic rings. The average Bonchev–Trinajstić information content (AvgIpc) is 2.62. The van der Waals surface area contributed by atoms with Gasteiger partial charge in [-0.3, -0.25) is 4.79 Å². The van der Waals surface area contributed by atoms with Crippen LogP contribution in [0, 0.1) is 0 Å². The number of piperidine rings is 1. The molecule has 27 heavy (non-hydrogen) atoms. The number of halogens is 2. The zero-order chi connectivity index (χ0) is 18.3. The number of aliphatic imine (C=N–C) groups is 1. The molecule has 0 bridgehead atoms. The zero-order valence-corrected chi connectivity index (χ0v) is 16.9. The summed E-state index contributed by atoms with van der Waals surface area (Å²) in [5, 5.41) is 13.4. The minimum atomic E-state index is -0.526. The number of rotatable bonds is 1. The smallest absolute Gasteiger partial charge is 0.253 e. The van der Waals surface area contributed by atoms with Gasteiger partial charge in [0.25, 0.3) is 5.91 Å². The Balaban J connectivity index is 0.00000210. The van der Waals surface area contributed by atoms with E-state index in [9.17, 15) is 9.90 Å². The molecule has 1 spiro atoms. The number of hydrogen-bond acceptors (Lipinski definition) is 5. The molecule has 1 fully saturated rings. The molecule has 0 atom stereocenters. The predicted octanol–water partition coefficient (Wildman–Crippen LogP) is 3.34. The third kappa shape index (κ3) is 3.61. The van der Waals surface area contributed by atoms with Crippen molar-refractivity contribution in [3.63, 3.8) is 0 Å². The highest BCUT2D eigenvalue weighted by Crippen LogP contribution is 2.37. The minimum absolute atomic E-state index is 0. The molecule has 2 heterocycles. The van der Waals surface area contributed by atoms with Crippen LogP contribution in [0.15, 0.2) is 51.9 Å². The van der Waals surface area contributed by atoms with Crippen LogP contribution in [0.4, 0.5) is 5.69 Å². The van der Waals surface area contributed by atoms with E-state index in [0.717, 1.165) is 10.2 Å². The fraction of sp³-hybridized carbons (Fsp3) is 0.263. The molecule has 4 rings (SSSR count). The van der Waals surface area contributed by atoms with Crippen LogP contribution in [0.1, 0.15) is 28.8 Å². The first-order valence-electron chi connectivity index (χ1n) is 8.48. The van der Waals surface area contributed by atoms with E-state index in [4.69, 9.17) is 5.73 Å². The van der Waals surface area contributed by atoms with Gasteiger partial charge in [-0.15, -0.1) is 12.4 Å². The number of nitrogens with zero attached hydrogens (tertiary/aromatic N) is 2. The highest BCUT2D eigenvalue weighted by molar-refractivity contribution is 9.10. The van der Waals surface area contributed by atoms with Crippen LogP contribution in [-0.4, -0.2) is 40.5 Å². The van der Waals surface area contributed by atoms with Crippen molar-refractivity contribution in [2.24, 2.45) is 10.7 Å². The average molecular weight is 452 g/mol. The van der Waals surface area contributed by atoms with E-state index in [1.807, 2.05) is 35.2 Å². The Kier molecular flexibility index (Phi) is 5.35. The molecule has 0 aromatic heterocycles. The summed E-state index contributed by atoms with van der Waals surface area (Å²) in [6, 6.07) is 12.7. The van der Waals surface area contributed by atoms with Crippen LogP contribution < -0.4 is 11.1 Å². The van der Waals surface area contributed by atoms with Crippen molar-refractivity contribution in [3.05, 3.63) is 58.1 Å². The van der Waals surface area contributed by atoms with E-state index in [0.29, 0.717) is 42.9 Å². The number of aromatic hydroxyl groups is 1. The first kappa shape index (κ1) is 19.5. The lowest BCUT2D eigenvalue weighted by Gasteiger charge is -2.42. The Bertz CT molecular complexity index is 893. The van der Waals surface area contributed by atoms with Crippen LogP contribution in [0.3, 0.4) is 0 Å². The fourth-order valence-corrected chi connectivity index (χ4v) is 3.83. The Morgan fingerprint density at radius 2 is 1.85 bits per heavy atom. The van der Waals surface area contributed by atoms with Crippen molar-refractivity contribution in [1.82, 2.24) is 4.90 Å². The molecule has 0 aliphatic carbocycles. The number of carbonyl (C=O) groups excluding carboxylic acids is 1. The summed E-state index contributed by atoms with van der Waals surface area (Å²) in [4.78, 5) is 19.2. The second-order valence-electron chi connectivity index (χ2n) is 6.65. The van der Waals surface area contributed by atoms with Crippen LogP contribution >= 0.6 is 28.3 Å². The van der Waals surface area contributed by atoms with Gasteiger partial charge in [0, 0.05) is 36.0 Å². The van der Waals surface area contributed by atoms with Crippen LogP contribution in [0.2, 0.25) is 0 Å². The maximum Gasteiger partial charge on any atom is 0.253 e. The van der Waals surface area contributed by atoms with Crippen LogP contribution in [0.5, 0.6) is 5.75 Å². The fourth-order valence-electron chi connectivity index (χ4n) is 3.57. The van der Waals surface area contributed by atoms with Crippen molar-refractivity contribution in [1.29, 1.82) is 0 Å². The van der Waals surface area contributed by atoms with E-state index in [1.54, 1.807) is 12.1 Å². The number of anilines is 1. The quantitative estimate of drug-likeness (QED) is 0.620. The number of benzene rings is 2. The number of fused-ring (bicyclic) bond motifs is 1. The van der Waals surface area contributed by atoms with Gasteiger partial charge in [0.1, 0.15) is 17.2 Å². The van der Waals surface area contributed by atoms with Crippen LogP contribution in [-0.2, 0) is 0 Å². The Hall–Kier alpha value is -2.25. The van der Waals surface area contributed by atoms with E-state index >= 15 is 0 Å². The first-order valence-corrected chi connectivity index (χ1v) is 9.27. The number of phenolic OH excluding ortho intramolecular Hbond substituents is 1. The lowest BCUT2D eigenvalue weighted by atomic mass is 9.93. The molecule has 2 aromatic carbocycles. The maximum absolute atomic E-state index is 12.7. The molecule has 1 saturated heterocycles. The topological polar surface area (TPSA) is 91.0 Å². The van der Waals surface area contributed by atoms with Gasteiger partial charge in [-0.05, 0) is 36.4 Å². The Labute approximate surface area is 172 Å². The van der Waals surface area contributed by atoms with E-state index in [2.05, 4.69) is 26.2 Å². The number of amidine groups is 1. The second kappa shape index (κ2) is 7.40. The number of amides is 1. The van der Waals surface area contributed by atoms with Crippen molar-refractivity contribution in [3.8, 4) is 5.75 Å². The maximum atomic E-state index is 12.7. The lowest BCUT2D eigenvalue weighted by molar-refractivity contribution is 0.0685. The molecule has 0 saturated carbocycles. The summed E-state index contributed by atoms with van der Waals surface area (Å²) in [5.41, 5.74) is 7.60. The van der Waals surface area contributed by atoms with Gasteiger partial charge in [-0.25, -0.2) is 4.99 Å². The predicted molar refractivity (Wildman–Crippen MR) is 112 cm³/mol. The molecule has 4 N–H and O–H groups in total. The standard InChI is InChI=1S/C19H19BrN4O2.ClH/c20-13-6-4-12(5-7-13)18(26)24-10-8-19(9-11-24)22-14-2-1-3-15(25)16(14)17(21)23-19;/h1-7,22,25H,8-11H2,(H2,21,23);1H. The number of phenols is 1. The van der Waals surface area contributed by atoms with Gasteiger partial charge < -0.3 is 21.1 Å². The van der Waals surface area contributed by atoms with Gasteiger partial charge in [-0.1, -0.05) is 22.0 Å². The van der Waals surface area contributed by atoms with E-state index in [-0.39, 0.29) is 24.1 Å². The third-order valence-corrected chi connectivity index (χ3v) is 5.50. The highest BCUT2D eigenvalue weighted by Gasteiger charge is 2.39. The normalized spacial score (nSPS) is 17.4. The highest BCUT2D eigenvalue weighted by atomic mass is 79.9. The molecule has 6 nitrogen and oxygen atoms in total. The summed E-state index contributed by atoms with van der Waals surface area (Å²) < 4.78 is 0.949. The van der Waals surface area contributed by atoms with Gasteiger partial charge in [0.15, 0.2) is 0 Å². The second-order valence-corrected chi connectivity index (χ2v) is 7.57. The SMILES string of the molecule is Cl.NC1=NC2(CCN(C(=O)c3ccc(Br)cc3)CC2)Nc2cccc(O)c21. The molecule has 2 aliphatic rings. The van der Waals surface area contributed by atoms with Gasteiger partial charge in [0.05, 0.1) is 11.3 Å². The summed E-state index contributed by atoms with van der Waals surface area (Å²) in [6.45, 7) is 1.18.